The van der Waals surface area contributed by atoms with Gasteiger partial charge in [0.25, 0.3) is 11.8 Å². The first kappa shape index (κ1) is 25.0. The van der Waals surface area contributed by atoms with E-state index in [1.165, 1.54) is 28.9 Å². The van der Waals surface area contributed by atoms with Gasteiger partial charge in [-0.3, -0.25) is 9.59 Å². The lowest BCUT2D eigenvalue weighted by molar-refractivity contribution is -0.172. The summed E-state index contributed by atoms with van der Waals surface area (Å²) < 4.78 is 69.2. The number of anilines is 1. The third-order valence-electron chi connectivity index (χ3n) is 6.45. The third-order valence-corrected chi connectivity index (χ3v) is 7.88. The predicted octanol–water partition coefficient (Wildman–Crippen LogP) is 1.69. The van der Waals surface area contributed by atoms with Crippen LogP contribution in [0.5, 0.6) is 0 Å². The van der Waals surface area contributed by atoms with E-state index in [-0.39, 0.29) is 45.5 Å². The van der Waals surface area contributed by atoms with Gasteiger partial charge in [0.15, 0.2) is 11.5 Å². The van der Waals surface area contributed by atoms with E-state index in [0.29, 0.717) is 4.90 Å². The Balaban J connectivity index is 1.64. The molecule has 1 fully saturated rings. The number of carbonyl (C=O) groups excluding carboxylic acids is 2. The molecule has 1 aliphatic carbocycles. The third kappa shape index (κ3) is 4.27. The monoisotopic (exact) mass is 537 g/mol. The first-order chi connectivity index (χ1) is 17.3. The van der Waals surface area contributed by atoms with Crippen molar-refractivity contribution in [1.29, 1.82) is 0 Å². The van der Waals surface area contributed by atoms with E-state index >= 15 is 0 Å². The topological polar surface area (TPSA) is 152 Å². The van der Waals surface area contributed by atoms with Crippen LogP contribution in [0.3, 0.4) is 0 Å². The molecule has 11 nitrogen and oxygen atoms in total. The van der Waals surface area contributed by atoms with Gasteiger partial charge in [-0.15, -0.1) is 5.10 Å². The van der Waals surface area contributed by atoms with Gasteiger partial charge in [0.2, 0.25) is 10.0 Å². The summed E-state index contributed by atoms with van der Waals surface area (Å²) in [6, 6.07) is 2.01. The Morgan fingerprint density at radius 2 is 1.97 bits per heavy atom. The molecule has 3 heterocycles. The normalized spacial score (nSPS) is 16.8. The Kier molecular flexibility index (Phi) is 5.67. The summed E-state index contributed by atoms with van der Waals surface area (Å²) in [5, 5.41) is 6.91. The maximum atomic E-state index is 13.4. The molecule has 1 aliphatic heterocycles. The van der Waals surface area contributed by atoms with E-state index in [0.717, 1.165) is 26.8 Å². The minimum absolute atomic E-state index is 0.0439. The van der Waals surface area contributed by atoms with Crippen LogP contribution in [0.1, 0.15) is 46.0 Å². The van der Waals surface area contributed by atoms with Crippen molar-refractivity contribution in [1.82, 2.24) is 29.5 Å². The lowest BCUT2D eigenvalue weighted by Gasteiger charge is -2.26. The number of rotatable bonds is 6. The van der Waals surface area contributed by atoms with Crippen molar-refractivity contribution in [3.63, 3.8) is 0 Å². The second-order valence-electron chi connectivity index (χ2n) is 8.96. The summed E-state index contributed by atoms with van der Waals surface area (Å²) in [5.41, 5.74) is 6.33. The summed E-state index contributed by atoms with van der Waals surface area (Å²) in [4.78, 5) is 30.3. The lowest BCUT2D eigenvalue weighted by atomic mass is 10.0. The zero-order chi connectivity index (χ0) is 26.9. The van der Waals surface area contributed by atoms with Crippen molar-refractivity contribution in [2.45, 2.75) is 49.5 Å². The summed E-state index contributed by atoms with van der Waals surface area (Å²) >= 11 is 0. The summed E-state index contributed by atoms with van der Waals surface area (Å²) in [7, 11) is -3.11. The number of aromatic nitrogens is 3. The fourth-order valence-corrected chi connectivity index (χ4v) is 5.20. The van der Waals surface area contributed by atoms with Crippen LogP contribution in [-0.4, -0.2) is 65.0 Å². The number of nitrogens with one attached hydrogen (secondary N) is 2. The van der Waals surface area contributed by atoms with Gasteiger partial charge < -0.3 is 16.0 Å². The van der Waals surface area contributed by atoms with Crippen LogP contribution in [0.25, 0.3) is 16.9 Å². The molecular formula is C22H22F3N7O4S. The first-order valence-corrected chi connectivity index (χ1v) is 12.7. The quantitative estimate of drug-likeness (QED) is 0.433. The molecule has 0 radical (unpaired) electrons. The summed E-state index contributed by atoms with van der Waals surface area (Å²) in [6.45, 7) is 0.399. The van der Waals surface area contributed by atoms with Crippen molar-refractivity contribution in [3.8, 4) is 11.3 Å². The number of halogens is 3. The number of alkyl halides is 3. The molecule has 1 atom stereocenters. The lowest BCUT2D eigenvalue weighted by Crippen LogP contribution is -2.43. The molecule has 15 heteroatoms. The van der Waals surface area contributed by atoms with Crippen LogP contribution in [0, 0.1) is 0 Å². The zero-order valence-electron chi connectivity index (χ0n) is 19.6. The van der Waals surface area contributed by atoms with E-state index in [2.05, 4.69) is 20.1 Å². The number of carbonyl (C=O) groups is 2. The summed E-state index contributed by atoms with van der Waals surface area (Å²) in [6.07, 6.45) is -1.52. The van der Waals surface area contributed by atoms with Crippen molar-refractivity contribution in [2.75, 3.05) is 12.8 Å². The number of amides is 2. The molecule has 4 N–H and O–H groups in total. The van der Waals surface area contributed by atoms with Crippen LogP contribution in [0.15, 0.2) is 29.3 Å². The van der Waals surface area contributed by atoms with Gasteiger partial charge >= 0.3 is 6.18 Å². The maximum Gasteiger partial charge on any atom is 0.408 e. The largest absolute Gasteiger partial charge is 0.408 e. The van der Waals surface area contributed by atoms with Gasteiger partial charge in [-0.05, 0) is 50.6 Å². The van der Waals surface area contributed by atoms with E-state index in [9.17, 15) is 31.2 Å². The fourth-order valence-electron chi connectivity index (χ4n) is 4.21. The highest BCUT2D eigenvalue weighted by atomic mass is 32.2. The molecule has 0 bridgehead atoms. The number of nitrogens with zero attached hydrogens (tertiary/aromatic N) is 4. The molecule has 196 valence electrons. The Morgan fingerprint density at radius 3 is 2.59 bits per heavy atom. The van der Waals surface area contributed by atoms with E-state index in [4.69, 9.17) is 5.73 Å². The molecule has 3 aromatic rings. The highest BCUT2D eigenvalue weighted by molar-refractivity contribution is 7.89. The average molecular weight is 538 g/mol. The van der Waals surface area contributed by atoms with E-state index in [1.807, 2.05) is 0 Å². The number of hydrogen-bond acceptors (Lipinski definition) is 7. The molecule has 1 saturated carbocycles. The Morgan fingerprint density at radius 1 is 1.27 bits per heavy atom. The zero-order valence-corrected chi connectivity index (χ0v) is 20.4. The van der Waals surface area contributed by atoms with Crippen molar-refractivity contribution in [3.05, 3.63) is 41.1 Å². The number of fused-ring (bicyclic) bond motifs is 2. The first-order valence-electron chi connectivity index (χ1n) is 11.3. The highest BCUT2D eigenvalue weighted by Gasteiger charge is 2.46. The molecule has 1 unspecified atom stereocenters. The second kappa shape index (κ2) is 8.41. The van der Waals surface area contributed by atoms with Gasteiger partial charge in [0, 0.05) is 24.3 Å². The van der Waals surface area contributed by atoms with Crippen LogP contribution >= 0.6 is 0 Å². The molecule has 5 rings (SSSR count). The minimum Gasteiger partial charge on any atom is -0.381 e. The molecular weight excluding hydrogens is 515 g/mol. The Hall–Kier alpha value is -3.72. The second-order valence-corrected chi connectivity index (χ2v) is 10.8. The fraction of sp³-hybridized carbons (Fsp3) is 0.364. The molecule has 0 spiro atoms. The maximum absolute atomic E-state index is 13.4. The molecule has 37 heavy (non-hydrogen) atoms. The number of sulfonamides is 1. The van der Waals surface area contributed by atoms with Gasteiger partial charge in [0.1, 0.15) is 11.6 Å². The average Bonchev–Trinajstić information content (AvgIpc) is 3.49. The van der Waals surface area contributed by atoms with Gasteiger partial charge in [-0.25, -0.2) is 22.6 Å². The number of nitrogens with two attached hydrogens (primary N) is 1. The SMILES string of the molecule is CNS(=O)(=O)c1cc(-c2ccn3nc(N)c(C(=O)NC4CC4)c3n2)cc2c1C(=O)N(C(C)C(F)(F)F)C2. The van der Waals surface area contributed by atoms with E-state index < -0.39 is 45.5 Å². The van der Waals surface area contributed by atoms with Crippen LogP contribution < -0.4 is 15.8 Å². The number of nitrogen functional groups attached to an aromatic ring is 1. The van der Waals surface area contributed by atoms with Gasteiger partial charge in [-0.1, -0.05) is 0 Å². The van der Waals surface area contributed by atoms with Crippen LogP contribution in [0.4, 0.5) is 19.0 Å². The smallest absolute Gasteiger partial charge is 0.381 e. The molecule has 2 aromatic heterocycles. The Bertz CT molecular complexity index is 1560. The van der Waals surface area contributed by atoms with Crippen molar-refractivity contribution < 1.29 is 31.2 Å². The predicted molar refractivity (Wildman–Crippen MR) is 125 cm³/mol. The van der Waals surface area contributed by atoms with Crippen LogP contribution in [0.2, 0.25) is 0 Å². The van der Waals surface area contributed by atoms with Gasteiger partial charge in [-0.2, -0.15) is 13.2 Å². The van der Waals surface area contributed by atoms with E-state index in [1.54, 1.807) is 0 Å². The number of hydrogen-bond donors (Lipinski definition) is 3. The molecule has 2 aliphatic rings. The van der Waals surface area contributed by atoms with Crippen LogP contribution in [-0.2, 0) is 16.6 Å². The molecule has 2 amide bonds. The van der Waals surface area contributed by atoms with Crippen molar-refractivity contribution >= 4 is 33.3 Å². The summed E-state index contributed by atoms with van der Waals surface area (Å²) in [5.74, 6) is -1.53. The van der Waals surface area contributed by atoms with Gasteiger partial charge in [0.05, 0.1) is 16.2 Å². The molecule has 0 saturated heterocycles. The standard InChI is InChI=1S/C22H22F3N7O4S/c1-10(22(23,24)25)31-9-12-7-11(8-15(16(12)21(31)34)37(35,36)27-2)14-5-6-32-19(29-14)17(18(26)30-32)20(33)28-13-3-4-13/h5-8,10,13,27H,3-4,9H2,1-2H3,(H2,26,30)(H,28,33). The van der Waals surface area contributed by atoms with Crippen molar-refractivity contribution in [2.24, 2.45) is 0 Å². The minimum atomic E-state index is -4.70. The molecule has 1 aromatic carbocycles. The number of benzene rings is 1. The Labute approximate surface area is 208 Å². The highest BCUT2D eigenvalue weighted by Crippen LogP contribution is 2.37.